The Balaban J connectivity index is 2.46. The number of carbonyl (C=O) groups excluding carboxylic acids is 1. The van der Waals surface area contributed by atoms with Crippen LogP contribution in [0.5, 0.6) is 0 Å². The number of amides is 1. The van der Waals surface area contributed by atoms with Crippen molar-refractivity contribution >= 4 is 33.2 Å². The minimum absolute atomic E-state index is 0.396. The van der Waals surface area contributed by atoms with Crippen LogP contribution in [0.4, 0.5) is 18.9 Å². The van der Waals surface area contributed by atoms with Gasteiger partial charge in [-0.3, -0.25) is 4.79 Å². The second-order valence-electron chi connectivity index (χ2n) is 4.36. The van der Waals surface area contributed by atoms with E-state index in [1.807, 2.05) is 5.32 Å². The Hall–Kier alpha value is -2.11. The van der Waals surface area contributed by atoms with E-state index in [1.54, 1.807) is 0 Å². The van der Waals surface area contributed by atoms with Gasteiger partial charge in [-0.25, -0.2) is 13.6 Å². The molecule has 1 amide bonds. The standard InChI is InChI=1S/C11H8ClF3N4O3S/c1-19-3-5(23(16,21)22)7(12)9(19)11(20)17-4-2-6(13)18-10(15)8(4)14/h2-3H,1H3,(H2,16,21,22)(H,17,18,20). The maximum atomic E-state index is 13.5. The van der Waals surface area contributed by atoms with E-state index in [-0.39, 0.29) is 0 Å². The van der Waals surface area contributed by atoms with E-state index in [9.17, 15) is 26.4 Å². The molecule has 3 N–H and O–H groups in total. The molecule has 2 aromatic heterocycles. The third kappa shape index (κ3) is 3.30. The Kier molecular flexibility index (Phi) is 4.37. The average Bonchev–Trinajstić information content (AvgIpc) is 2.70. The highest BCUT2D eigenvalue weighted by molar-refractivity contribution is 7.89. The van der Waals surface area contributed by atoms with Crippen molar-refractivity contribution in [3.8, 4) is 0 Å². The van der Waals surface area contributed by atoms with Crippen LogP contribution in [-0.2, 0) is 17.1 Å². The first-order valence-electron chi connectivity index (χ1n) is 5.73. The van der Waals surface area contributed by atoms with Crippen molar-refractivity contribution < 1.29 is 26.4 Å². The molecule has 0 fully saturated rings. The van der Waals surface area contributed by atoms with Crippen LogP contribution in [0.1, 0.15) is 10.5 Å². The van der Waals surface area contributed by atoms with Crippen molar-refractivity contribution in [2.24, 2.45) is 12.2 Å². The summed E-state index contributed by atoms with van der Waals surface area (Å²) in [6.45, 7) is 0. The molecule has 23 heavy (non-hydrogen) atoms. The number of aryl methyl sites for hydroxylation is 1. The second kappa shape index (κ2) is 5.83. The number of hydrogen-bond donors (Lipinski definition) is 2. The highest BCUT2D eigenvalue weighted by atomic mass is 35.5. The molecule has 0 aromatic carbocycles. The number of anilines is 1. The summed E-state index contributed by atoms with van der Waals surface area (Å²) in [6, 6.07) is 0.452. The predicted molar refractivity (Wildman–Crippen MR) is 73.9 cm³/mol. The van der Waals surface area contributed by atoms with Crippen molar-refractivity contribution in [1.29, 1.82) is 0 Å². The molecule has 0 saturated carbocycles. The molecule has 0 unspecified atom stereocenters. The molecule has 0 aliphatic carbocycles. The van der Waals surface area contributed by atoms with Crippen LogP contribution in [0.25, 0.3) is 0 Å². The maximum absolute atomic E-state index is 13.5. The molecule has 0 radical (unpaired) electrons. The fourth-order valence-electron chi connectivity index (χ4n) is 1.77. The van der Waals surface area contributed by atoms with E-state index < -0.39 is 54.9 Å². The van der Waals surface area contributed by atoms with Crippen LogP contribution in [-0.4, -0.2) is 23.9 Å². The predicted octanol–water partition coefficient (Wildman–Crippen LogP) is 1.39. The molecule has 2 aromatic rings. The number of carbonyl (C=O) groups is 1. The molecule has 12 heteroatoms. The zero-order chi connectivity index (χ0) is 17.5. The topological polar surface area (TPSA) is 107 Å². The molecule has 124 valence electrons. The van der Waals surface area contributed by atoms with Crippen molar-refractivity contribution in [3.63, 3.8) is 0 Å². The number of nitrogens with one attached hydrogen (secondary N) is 1. The van der Waals surface area contributed by atoms with E-state index >= 15 is 0 Å². The number of pyridine rings is 1. The number of nitrogens with zero attached hydrogens (tertiary/aromatic N) is 2. The van der Waals surface area contributed by atoms with Gasteiger partial charge in [-0.1, -0.05) is 11.6 Å². The molecular formula is C11H8ClF3N4O3S. The van der Waals surface area contributed by atoms with E-state index in [0.717, 1.165) is 10.8 Å². The lowest BCUT2D eigenvalue weighted by Crippen LogP contribution is -2.18. The van der Waals surface area contributed by atoms with Gasteiger partial charge in [-0.2, -0.15) is 18.2 Å². The summed E-state index contributed by atoms with van der Waals surface area (Å²) in [5.74, 6) is -5.79. The third-order valence-corrected chi connectivity index (χ3v) is 4.16. The highest BCUT2D eigenvalue weighted by Crippen LogP contribution is 2.27. The Morgan fingerprint density at radius 2 is 2.00 bits per heavy atom. The average molecular weight is 369 g/mol. The lowest BCUT2D eigenvalue weighted by atomic mass is 10.3. The number of primary sulfonamides is 1. The van der Waals surface area contributed by atoms with Gasteiger partial charge < -0.3 is 9.88 Å². The smallest absolute Gasteiger partial charge is 0.273 e. The summed E-state index contributed by atoms with van der Waals surface area (Å²) in [5.41, 5.74) is -1.22. The third-order valence-electron chi connectivity index (χ3n) is 2.74. The SMILES string of the molecule is Cn1cc(S(N)(=O)=O)c(Cl)c1C(=O)Nc1cc(F)nc(F)c1F. The lowest BCUT2D eigenvalue weighted by Gasteiger charge is -2.08. The van der Waals surface area contributed by atoms with Gasteiger partial charge in [0.05, 0.1) is 10.7 Å². The number of hydrogen-bond acceptors (Lipinski definition) is 4. The van der Waals surface area contributed by atoms with Crippen molar-refractivity contribution in [1.82, 2.24) is 9.55 Å². The first-order chi connectivity index (χ1) is 10.5. The van der Waals surface area contributed by atoms with Crippen LogP contribution in [0.15, 0.2) is 17.2 Å². The zero-order valence-corrected chi connectivity index (χ0v) is 12.8. The number of sulfonamides is 1. The normalized spacial score (nSPS) is 11.6. The Labute approximate surface area is 132 Å². The van der Waals surface area contributed by atoms with E-state index in [2.05, 4.69) is 4.98 Å². The second-order valence-corrected chi connectivity index (χ2v) is 6.27. The van der Waals surface area contributed by atoms with Crippen molar-refractivity contribution in [3.05, 3.63) is 40.7 Å². The molecule has 2 heterocycles. The first kappa shape index (κ1) is 17.2. The molecule has 0 spiro atoms. The zero-order valence-electron chi connectivity index (χ0n) is 11.3. The Bertz CT molecular complexity index is 914. The largest absolute Gasteiger partial charge is 0.344 e. The van der Waals surface area contributed by atoms with E-state index in [1.165, 1.54) is 7.05 Å². The first-order valence-corrected chi connectivity index (χ1v) is 7.65. The van der Waals surface area contributed by atoms with Crippen LogP contribution in [0.2, 0.25) is 5.02 Å². The van der Waals surface area contributed by atoms with Gasteiger partial charge in [0.15, 0.2) is 0 Å². The monoisotopic (exact) mass is 368 g/mol. The summed E-state index contributed by atoms with van der Waals surface area (Å²) in [5, 5.41) is 6.30. The molecule has 0 bridgehead atoms. The summed E-state index contributed by atoms with van der Waals surface area (Å²) < 4.78 is 63.1. The van der Waals surface area contributed by atoms with Crippen LogP contribution in [0, 0.1) is 17.7 Å². The van der Waals surface area contributed by atoms with Gasteiger partial charge in [-0.05, 0) is 0 Å². The summed E-state index contributed by atoms with van der Waals surface area (Å²) in [4.78, 5) is 14.2. The van der Waals surface area contributed by atoms with Crippen LogP contribution in [0.3, 0.4) is 0 Å². The summed E-state index contributed by atoms with van der Waals surface area (Å²) in [7, 11) is -2.92. The summed E-state index contributed by atoms with van der Waals surface area (Å²) >= 11 is 5.78. The van der Waals surface area contributed by atoms with Gasteiger partial charge in [-0.15, -0.1) is 0 Å². The fraction of sp³-hybridized carbons (Fsp3) is 0.0909. The summed E-state index contributed by atoms with van der Waals surface area (Å²) in [6.07, 6.45) is 0.969. The number of nitrogens with two attached hydrogens (primary N) is 1. The molecule has 0 saturated heterocycles. The Morgan fingerprint density at radius 3 is 2.52 bits per heavy atom. The lowest BCUT2D eigenvalue weighted by molar-refractivity contribution is 0.101. The van der Waals surface area contributed by atoms with Gasteiger partial charge in [0.25, 0.3) is 11.9 Å². The van der Waals surface area contributed by atoms with Gasteiger partial charge in [0.1, 0.15) is 10.6 Å². The highest BCUT2D eigenvalue weighted by Gasteiger charge is 2.26. The number of rotatable bonds is 3. The number of halogens is 4. The molecule has 7 nitrogen and oxygen atoms in total. The van der Waals surface area contributed by atoms with Crippen molar-refractivity contribution in [2.75, 3.05) is 5.32 Å². The van der Waals surface area contributed by atoms with Gasteiger partial charge in [0.2, 0.25) is 21.8 Å². The molecule has 0 aliphatic rings. The van der Waals surface area contributed by atoms with Gasteiger partial charge >= 0.3 is 0 Å². The number of aromatic nitrogens is 2. The van der Waals surface area contributed by atoms with Crippen LogP contribution < -0.4 is 10.5 Å². The molecule has 2 rings (SSSR count). The molecule has 0 aliphatic heterocycles. The maximum Gasteiger partial charge on any atom is 0.273 e. The van der Waals surface area contributed by atoms with Crippen molar-refractivity contribution in [2.45, 2.75) is 4.90 Å². The van der Waals surface area contributed by atoms with E-state index in [0.29, 0.717) is 6.07 Å². The molecule has 0 atom stereocenters. The fourth-order valence-corrected chi connectivity index (χ4v) is 3.01. The van der Waals surface area contributed by atoms with Crippen LogP contribution >= 0.6 is 11.6 Å². The quantitative estimate of drug-likeness (QED) is 0.798. The molecular weight excluding hydrogens is 361 g/mol. The Morgan fingerprint density at radius 1 is 1.39 bits per heavy atom. The minimum atomic E-state index is -4.20. The van der Waals surface area contributed by atoms with Gasteiger partial charge in [0, 0.05) is 19.3 Å². The van der Waals surface area contributed by atoms with E-state index in [4.69, 9.17) is 16.7 Å². The minimum Gasteiger partial charge on any atom is -0.344 e.